The molecule has 0 saturated heterocycles. The second-order valence-corrected chi connectivity index (χ2v) is 7.01. The summed E-state index contributed by atoms with van der Waals surface area (Å²) >= 11 is 0. The molecule has 0 nitrogen and oxygen atoms in total. The van der Waals surface area contributed by atoms with Crippen molar-refractivity contribution < 1.29 is 0 Å². The van der Waals surface area contributed by atoms with E-state index in [1.807, 2.05) is 0 Å². The fourth-order valence-electron chi connectivity index (χ4n) is 4.79. The third-order valence-electron chi connectivity index (χ3n) is 6.07. The van der Waals surface area contributed by atoms with Crippen molar-refractivity contribution in [1.82, 2.24) is 0 Å². The molecule has 6 unspecified atom stereocenters. The van der Waals surface area contributed by atoms with Gasteiger partial charge in [-0.3, -0.25) is 0 Å². The molecular weight excluding hydrogens is 216 g/mol. The Bertz CT molecular complexity index is 316. The zero-order valence-corrected chi connectivity index (χ0v) is 12.5. The van der Waals surface area contributed by atoms with E-state index in [0.717, 1.165) is 23.7 Å². The van der Waals surface area contributed by atoms with Gasteiger partial charge < -0.3 is 0 Å². The van der Waals surface area contributed by atoms with Gasteiger partial charge in [0.15, 0.2) is 0 Å². The Morgan fingerprint density at radius 1 is 1.33 bits per heavy atom. The lowest BCUT2D eigenvalue weighted by molar-refractivity contribution is 0.348. The highest BCUT2D eigenvalue weighted by Gasteiger charge is 2.65. The third kappa shape index (κ3) is 2.19. The van der Waals surface area contributed by atoms with E-state index in [0.29, 0.717) is 11.3 Å². The van der Waals surface area contributed by atoms with E-state index in [2.05, 4.69) is 46.1 Å². The fraction of sp³-hybridized carbons (Fsp3) is 0.778. The topological polar surface area (TPSA) is 0 Å². The Labute approximate surface area is 114 Å². The van der Waals surface area contributed by atoms with Crippen LogP contribution in [0.4, 0.5) is 0 Å². The van der Waals surface area contributed by atoms with Crippen molar-refractivity contribution in [1.29, 1.82) is 0 Å². The molecule has 0 heteroatoms. The van der Waals surface area contributed by atoms with E-state index in [1.165, 1.54) is 32.1 Å². The first kappa shape index (κ1) is 13.9. The standard InChI is InChI=1S/C18H30/c1-6-13(3)9-8-10-16-11-14(4)18(12-16)15(5)17(18)7-2/h6-7,13-17H,1-2,8-12H2,3-5H3. The van der Waals surface area contributed by atoms with E-state index in [9.17, 15) is 0 Å². The first-order valence-corrected chi connectivity index (χ1v) is 7.81. The summed E-state index contributed by atoms with van der Waals surface area (Å²) in [5.74, 6) is 4.28. The molecule has 6 atom stereocenters. The molecule has 2 rings (SSSR count). The average Bonchev–Trinajstić information content (AvgIpc) is 2.77. The van der Waals surface area contributed by atoms with Crippen LogP contribution in [0.5, 0.6) is 0 Å². The zero-order chi connectivity index (χ0) is 13.3. The molecule has 0 N–H and O–H groups in total. The van der Waals surface area contributed by atoms with E-state index in [-0.39, 0.29) is 0 Å². The van der Waals surface area contributed by atoms with Crippen LogP contribution in [0, 0.1) is 35.0 Å². The Morgan fingerprint density at radius 2 is 2.06 bits per heavy atom. The van der Waals surface area contributed by atoms with Crippen molar-refractivity contribution in [3.05, 3.63) is 25.3 Å². The summed E-state index contributed by atoms with van der Waals surface area (Å²) in [5, 5.41) is 0. The summed E-state index contributed by atoms with van der Waals surface area (Å²) < 4.78 is 0. The summed E-state index contributed by atoms with van der Waals surface area (Å²) in [6.07, 6.45) is 11.4. The number of allylic oxidation sites excluding steroid dienone is 2. The Morgan fingerprint density at radius 3 is 2.61 bits per heavy atom. The minimum Gasteiger partial charge on any atom is -0.103 e. The van der Waals surface area contributed by atoms with Crippen molar-refractivity contribution in [2.45, 2.75) is 52.9 Å². The predicted molar refractivity (Wildman–Crippen MR) is 80.4 cm³/mol. The van der Waals surface area contributed by atoms with E-state index in [4.69, 9.17) is 0 Å². The van der Waals surface area contributed by atoms with Crippen molar-refractivity contribution in [2.75, 3.05) is 0 Å². The first-order chi connectivity index (χ1) is 8.56. The Balaban J connectivity index is 1.81. The summed E-state index contributed by atoms with van der Waals surface area (Å²) in [6.45, 7) is 15.1. The van der Waals surface area contributed by atoms with Gasteiger partial charge in [0.2, 0.25) is 0 Å². The lowest BCUT2D eigenvalue weighted by Gasteiger charge is -2.15. The first-order valence-electron chi connectivity index (χ1n) is 7.81. The van der Waals surface area contributed by atoms with Gasteiger partial charge >= 0.3 is 0 Å². The van der Waals surface area contributed by atoms with Crippen molar-refractivity contribution in [3.63, 3.8) is 0 Å². The summed E-state index contributed by atoms with van der Waals surface area (Å²) in [7, 11) is 0. The molecule has 102 valence electrons. The maximum absolute atomic E-state index is 4.04. The van der Waals surface area contributed by atoms with Crippen LogP contribution in [-0.2, 0) is 0 Å². The molecule has 2 saturated carbocycles. The average molecular weight is 246 g/mol. The minimum absolute atomic E-state index is 0.649. The second kappa shape index (κ2) is 5.23. The number of rotatable bonds is 6. The van der Waals surface area contributed by atoms with Gasteiger partial charge in [-0.05, 0) is 54.3 Å². The Hall–Kier alpha value is -0.520. The molecule has 0 bridgehead atoms. The quantitative estimate of drug-likeness (QED) is 0.546. The van der Waals surface area contributed by atoms with Gasteiger partial charge in [0.25, 0.3) is 0 Å². The Kier molecular flexibility index (Phi) is 4.04. The molecule has 0 aromatic rings. The van der Waals surface area contributed by atoms with Crippen LogP contribution in [0.15, 0.2) is 25.3 Å². The maximum atomic E-state index is 4.04. The minimum atomic E-state index is 0.649. The van der Waals surface area contributed by atoms with Crippen molar-refractivity contribution >= 4 is 0 Å². The van der Waals surface area contributed by atoms with Gasteiger partial charge in [0, 0.05) is 0 Å². The monoisotopic (exact) mass is 246 g/mol. The fourth-order valence-corrected chi connectivity index (χ4v) is 4.79. The van der Waals surface area contributed by atoms with Crippen LogP contribution in [-0.4, -0.2) is 0 Å². The van der Waals surface area contributed by atoms with Crippen LogP contribution in [0.1, 0.15) is 52.9 Å². The molecular formula is C18H30. The van der Waals surface area contributed by atoms with E-state index >= 15 is 0 Å². The summed E-state index contributed by atoms with van der Waals surface area (Å²) in [4.78, 5) is 0. The smallest absolute Gasteiger partial charge is 0.0143 e. The second-order valence-electron chi connectivity index (χ2n) is 7.01. The molecule has 0 heterocycles. The van der Waals surface area contributed by atoms with Gasteiger partial charge in [-0.15, -0.1) is 13.2 Å². The molecule has 18 heavy (non-hydrogen) atoms. The molecule has 2 aliphatic rings. The van der Waals surface area contributed by atoms with Gasteiger partial charge in [0.1, 0.15) is 0 Å². The van der Waals surface area contributed by atoms with Crippen molar-refractivity contribution in [3.8, 4) is 0 Å². The lowest BCUT2D eigenvalue weighted by Crippen LogP contribution is -2.08. The summed E-state index contributed by atoms with van der Waals surface area (Å²) in [5.41, 5.74) is 0.649. The van der Waals surface area contributed by atoms with Crippen LogP contribution in [0.3, 0.4) is 0 Å². The number of hydrogen-bond acceptors (Lipinski definition) is 0. The van der Waals surface area contributed by atoms with Crippen LogP contribution >= 0.6 is 0 Å². The molecule has 0 aliphatic heterocycles. The molecule has 0 aromatic heterocycles. The van der Waals surface area contributed by atoms with Crippen molar-refractivity contribution in [2.24, 2.45) is 35.0 Å². The molecule has 0 aromatic carbocycles. The maximum Gasteiger partial charge on any atom is -0.0143 e. The molecule has 2 fully saturated rings. The number of hydrogen-bond donors (Lipinski definition) is 0. The molecule has 1 spiro atoms. The van der Waals surface area contributed by atoms with E-state index < -0.39 is 0 Å². The highest BCUT2D eigenvalue weighted by molar-refractivity contribution is 5.19. The highest BCUT2D eigenvalue weighted by Crippen LogP contribution is 2.71. The molecule has 0 radical (unpaired) electrons. The van der Waals surface area contributed by atoms with Crippen LogP contribution in [0.2, 0.25) is 0 Å². The van der Waals surface area contributed by atoms with Gasteiger partial charge in [-0.2, -0.15) is 0 Å². The highest BCUT2D eigenvalue weighted by atomic mass is 14.7. The van der Waals surface area contributed by atoms with Crippen LogP contribution < -0.4 is 0 Å². The SMILES string of the molecule is C=CC(C)CCCC1CC(C)C2(C1)C(C)C2C=C. The molecule has 2 aliphatic carbocycles. The predicted octanol–water partition coefficient (Wildman–Crippen LogP) is 5.46. The zero-order valence-electron chi connectivity index (χ0n) is 12.5. The summed E-state index contributed by atoms with van der Waals surface area (Å²) in [6, 6.07) is 0. The van der Waals surface area contributed by atoms with E-state index in [1.54, 1.807) is 0 Å². The molecule has 0 amide bonds. The largest absolute Gasteiger partial charge is 0.103 e. The lowest BCUT2D eigenvalue weighted by atomic mass is 9.90. The van der Waals surface area contributed by atoms with Crippen LogP contribution in [0.25, 0.3) is 0 Å². The van der Waals surface area contributed by atoms with Gasteiger partial charge in [0.05, 0.1) is 0 Å². The van der Waals surface area contributed by atoms with Gasteiger partial charge in [-0.1, -0.05) is 45.8 Å². The normalized spacial score (nSPS) is 43.9. The third-order valence-corrected chi connectivity index (χ3v) is 6.07. The van der Waals surface area contributed by atoms with Gasteiger partial charge in [-0.25, -0.2) is 0 Å².